The third-order valence-electron chi connectivity index (χ3n) is 7.05. The molecule has 206 valence electrons. The van der Waals surface area contributed by atoms with Crippen LogP contribution in [0.25, 0.3) is 22.2 Å². The first kappa shape index (κ1) is 27.6. The van der Waals surface area contributed by atoms with Gasteiger partial charge in [0.05, 0.1) is 27.3 Å². The Hall–Kier alpha value is -3.95. The zero-order valence-electron chi connectivity index (χ0n) is 22.5. The first-order valence-corrected chi connectivity index (χ1v) is 14.8. The van der Waals surface area contributed by atoms with Crippen molar-refractivity contribution in [2.45, 2.75) is 30.7 Å². The Morgan fingerprint density at radius 1 is 1.20 bits per heavy atom. The molecular weight excluding hydrogens is 544 g/mol. The maximum Gasteiger partial charge on any atom is 0.268 e. The lowest BCUT2D eigenvalue weighted by Crippen LogP contribution is -2.26. The summed E-state index contributed by atoms with van der Waals surface area (Å²) in [7, 11) is -2.07. The van der Waals surface area contributed by atoms with Crippen LogP contribution in [0, 0.1) is 0 Å². The summed E-state index contributed by atoms with van der Waals surface area (Å²) < 4.78 is 28.4. The highest BCUT2D eigenvalue weighted by atomic mass is 35.5. The molecule has 1 saturated heterocycles. The first-order valence-electron chi connectivity index (χ1n) is 13.0. The summed E-state index contributed by atoms with van der Waals surface area (Å²) >= 11 is 6.59. The van der Waals surface area contributed by atoms with Crippen molar-refractivity contribution in [2.24, 2.45) is 4.99 Å². The largest absolute Gasteiger partial charge is 0.370 e. The van der Waals surface area contributed by atoms with Crippen molar-refractivity contribution in [1.29, 1.82) is 0 Å². The van der Waals surface area contributed by atoms with Crippen LogP contribution in [-0.2, 0) is 10.0 Å². The second-order valence-electron chi connectivity index (χ2n) is 9.65. The van der Waals surface area contributed by atoms with E-state index in [0.29, 0.717) is 27.7 Å². The van der Waals surface area contributed by atoms with Crippen molar-refractivity contribution in [3.05, 3.63) is 95.9 Å². The first-order chi connectivity index (χ1) is 19.3. The number of aromatic nitrogens is 3. The van der Waals surface area contributed by atoms with Gasteiger partial charge in [0.15, 0.2) is 0 Å². The Labute approximate surface area is 239 Å². The van der Waals surface area contributed by atoms with Crippen LogP contribution in [0.15, 0.2) is 101 Å². The average Bonchev–Trinajstić information content (AvgIpc) is 3.60. The molecule has 2 aromatic carbocycles. The summed E-state index contributed by atoms with van der Waals surface area (Å²) in [6.45, 7) is 7.98. The molecule has 3 heterocycles. The van der Waals surface area contributed by atoms with E-state index in [2.05, 4.69) is 39.8 Å². The van der Waals surface area contributed by atoms with Crippen molar-refractivity contribution in [3.63, 3.8) is 0 Å². The van der Waals surface area contributed by atoms with Gasteiger partial charge in [-0.3, -0.25) is 0 Å². The normalized spacial score (nSPS) is 16.2. The van der Waals surface area contributed by atoms with Gasteiger partial charge in [0, 0.05) is 61.7 Å². The average molecular weight is 575 g/mol. The summed E-state index contributed by atoms with van der Waals surface area (Å²) in [6, 6.07) is 15.8. The third kappa shape index (κ3) is 5.52. The van der Waals surface area contributed by atoms with E-state index >= 15 is 0 Å². The molecule has 1 aliphatic heterocycles. The van der Waals surface area contributed by atoms with Gasteiger partial charge in [-0.15, -0.1) is 0 Å². The summed E-state index contributed by atoms with van der Waals surface area (Å²) in [5, 5.41) is 4.50. The van der Waals surface area contributed by atoms with E-state index in [-0.39, 0.29) is 10.9 Å². The number of hydrogen-bond donors (Lipinski definition) is 1. The van der Waals surface area contributed by atoms with E-state index in [4.69, 9.17) is 16.6 Å². The lowest BCUT2D eigenvalue weighted by Gasteiger charge is -2.22. The van der Waals surface area contributed by atoms with Crippen LogP contribution in [0.5, 0.6) is 0 Å². The van der Waals surface area contributed by atoms with E-state index in [1.807, 2.05) is 24.4 Å². The predicted octanol–water partition coefficient (Wildman–Crippen LogP) is 6.03. The second kappa shape index (κ2) is 11.7. The SMILES string of the molecule is C=C(/C(C)=C/CC=NC)N1CCC(Nc2ncc(Cl)c(-c3cn(S(=O)(=O)c4ccccc4)c4ccccc34)n2)C1. The summed E-state index contributed by atoms with van der Waals surface area (Å²) in [5.74, 6) is 0.436. The van der Waals surface area contributed by atoms with Crippen molar-refractivity contribution >= 4 is 44.7 Å². The van der Waals surface area contributed by atoms with Gasteiger partial charge in [0.2, 0.25) is 5.95 Å². The molecule has 1 unspecified atom stereocenters. The Morgan fingerprint density at radius 3 is 2.73 bits per heavy atom. The molecule has 0 spiro atoms. The number of halogens is 1. The number of fused-ring (bicyclic) bond motifs is 1. The summed E-state index contributed by atoms with van der Waals surface area (Å²) in [6.07, 6.45) is 8.82. The van der Waals surface area contributed by atoms with Crippen molar-refractivity contribution in [3.8, 4) is 11.3 Å². The van der Waals surface area contributed by atoms with Crippen LogP contribution >= 0.6 is 11.6 Å². The molecule has 4 aromatic rings. The van der Waals surface area contributed by atoms with Crippen LogP contribution in [0.1, 0.15) is 19.8 Å². The van der Waals surface area contributed by atoms with Crippen LogP contribution in [-0.4, -0.2) is 59.7 Å². The molecule has 8 nitrogen and oxygen atoms in total. The van der Waals surface area contributed by atoms with Gasteiger partial charge in [0.25, 0.3) is 10.0 Å². The van der Waals surface area contributed by atoms with Crippen LogP contribution in [0.2, 0.25) is 5.02 Å². The smallest absolute Gasteiger partial charge is 0.268 e. The monoisotopic (exact) mass is 574 g/mol. The van der Waals surface area contributed by atoms with Crippen LogP contribution in [0.4, 0.5) is 5.95 Å². The minimum Gasteiger partial charge on any atom is -0.370 e. The molecule has 1 fully saturated rings. The third-order valence-corrected chi connectivity index (χ3v) is 9.01. The highest BCUT2D eigenvalue weighted by Gasteiger charge is 2.26. The summed E-state index contributed by atoms with van der Waals surface area (Å²) in [5.41, 5.74) is 3.76. The molecule has 0 radical (unpaired) electrons. The molecule has 40 heavy (non-hydrogen) atoms. The number of likely N-dealkylation sites (tertiary alicyclic amines) is 1. The number of allylic oxidation sites excluding steroid dienone is 2. The fourth-order valence-corrected chi connectivity index (χ4v) is 6.46. The standard InChI is InChI=1S/C30H31ClN6O2S/c1-21(10-9-16-32-3)22(2)36-17-15-23(19-36)34-30-33-18-27(31)29(35-30)26-20-37(28-14-8-7-13-25(26)28)40(38,39)24-11-5-4-6-12-24/h4-8,10-14,16,18,20,23H,2,9,15,17,19H2,1,3H3,(H,33,34,35)/b21-10+,32-16?. The number of aliphatic imine (C=N–C) groups is 1. The number of para-hydroxylation sites is 1. The van der Waals surface area contributed by atoms with Gasteiger partial charge in [-0.25, -0.2) is 22.4 Å². The van der Waals surface area contributed by atoms with Gasteiger partial charge >= 0.3 is 0 Å². The molecule has 0 amide bonds. The minimum absolute atomic E-state index is 0.121. The van der Waals surface area contributed by atoms with E-state index in [0.717, 1.165) is 42.6 Å². The van der Waals surface area contributed by atoms with Crippen molar-refractivity contribution in [2.75, 3.05) is 25.5 Å². The molecule has 0 aliphatic carbocycles. The number of nitrogens with zero attached hydrogens (tertiary/aromatic N) is 5. The van der Waals surface area contributed by atoms with Gasteiger partial charge in [-0.2, -0.15) is 0 Å². The fraction of sp³-hybridized carbons (Fsp3) is 0.233. The highest BCUT2D eigenvalue weighted by Crippen LogP contribution is 2.36. The molecule has 1 atom stereocenters. The molecule has 2 aromatic heterocycles. The topological polar surface area (TPSA) is 92.5 Å². The van der Waals surface area contributed by atoms with Gasteiger partial charge in [-0.05, 0) is 37.1 Å². The zero-order chi connectivity index (χ0) is 28.3. The molecular formula is C30H31ClN6O2S. The Balaban J connectivity index is 1.42. The molecule has 0 bridgehead atoms. The lowest BCUT2D eigenvalue weighted by molar-refractivity contribution is 0.431. The number of rotatable bonds is 9. The van der Waals surface area contributed by atoms with Crippen LogP contribution in [0.3, 0.4) is 0 Å². The Morgan fingerprint density at radius 2 is 1.95 bits per heavy atom. The molecule has 0 saturated carbocycles. The number of nitrogens with one attached hydrogen (secondary N) is 1. The highest BCUT2D eigenvalue weighted by molar-refractivity contribution is 7.90. The van der Waals surface area contributed by atoms with Gasteiger partial charge in [0.1, 0.15) is 0 Å². The molecule has 5 rings (SSSR count). The fourth-order valence-electron chi connectivity index (χ4n) is 4.88. The second-order valence-corrected chi connectivity index (χ2v) is 11.9. The molecule has 1 N–H and O–H groups in total. The van der Waals surface area contributed by atoms with Gasteiger partial charge < -0.3 is 15.2 Å². The quantitative estimate of drug-likeness (QED) is 0.194. The zero-order valence-corrected chi connectivity index (χ0v) is 24.0. The Bertz CT molecular complexity index is 1710. The number of benzene rings is 2. The predicted molar refractivity (Wildman–Crippen MR) is 163 cm³/mol. The maximum atomic E-state index is 13.5. The van der Waals surface area contributed by atoms with E-state index in [1.165, 1.54) is 3.97 Å². The van der Waals surface area contributed by atoms with Gasteiger partial charge in [-0.1, -0.05) is 60.7 Å². The van der Waals surface area contributed by atoms with E-state index < -0.39 is 10.0 Å². The van der Waals surface area contributed by atoms with E-state index in [9.17, 15) is 8.42 Å². The summed E-state index contributed by atoms with van der Waals surface area (Å²) in [4.78, 5) is 15.7. The maximum absolute atomic E-state index is 13.5. The van der Waals surface area contributed by atoms with Crippen molar-refractivity contribution < 1.29 is 8.42 Å². The molecule has 1 aliphatic rings. The number of anilines is 1. The minimum atomic E-state index is -3.83. The van der Waals surface area contributed by atoms with E-state index in [1.54, 1.807) is 55.8 Å². The lowest BCUT2D eigenvalue weighted by atomic mass is 10.1. The number of hydrogen-bond acceptors (Lipinski definition) is 7. The van der Waals surface area contributed by atoms with Crippen molar-refractivity contribution in [1.82, 2.24) is 18.8 Å². The Kier molecular flexibility index (Phi) is 8.04. The molecule has 10 heteroatoms. The van der Waals surface area contributed by atoms with Crippen LogP contribution < -0.4 is 5.32 Å².